The van der Waals surface area contributed by atoms with Gasteiger partial charge in [0.25, 0.3) is 0 Å². The molecule has 2 rings (SSSR count). The predicted molar refractivity (Wildman–Crippen MR) is 110 cm³/mol. The smallest absolute Gasteiger partial charge is 0.243 e. The standard InChI is InChI=1S/C19H22Cl2N2O3S/c1-4-23(5-2)27(24,25)17-9-7-16(8-10-17)14(3)22-26-13-15-6-11-18(20)19(21)12-15/h6-12H,4-5,13H2,1-3H3. The van der Waals surface area contributed by atoms with E-state index in [9.17, 15) is 8.42 Å². The normalized spacial score (nSPS) is 12.4. The molecule has 0 aromatic heterocycles. The van der Waals surface area contributed by atoms with Crippen LogP contribution in [0, 0.1) is 0 Å². The molecule has 0 saturated heterocycles. The third kappa shape index (κ3) is 5.45. The summed E-state index contributed by atoms with van der Waals surface area (Å²) in [7, 11) is -3.47. The Balaban J connectivity index is 2.07. The summed E-state index contributed by atoms with van der Waals surface area (Å²) in [4.78, 5) is 5.62. The molecule has 0 saturated carbocycles. The molecular weight excluding hydrogens is 407 g/mol. The summed E-state index contributed by atoms with van der Waals surface area (Å²) < 4.78 is 26.4. The number of rotatable bonds is 8. The van der Waals surface area contributed by atoms with Gasteiger partial charge in [0.1, 0.15) is 6.61 Å². The van der Waals surface area contributed by atoms with Crippen molar-refractivity contribution in [1.29, 1.82) is 0 Å². The van der Waals surface area contributed by atoms with Crippen molar-refractivity contribution in [3.8, 4) is 0 Å². The molecule has 0 aliphatic carbocycles. The Morgan fingerprint density at radius 1 is 1.04 bits per heavy atom. The minimum Gasteiger partial charge on any atom is -0.391 e. The molecule has 0 radical (unpaired) electrons. The Morgan fingerprint density at radius 2 is 1.67 bits per heavy atom. The maximum atomic E-state index is 12.5. The first-order valence-corrected chi connectivity index (χ1v) is 10.7. The lowest BCUT2D eigenvalue weighted by atomic mass is 10.1. The second-order valence-electron chi connectivity index (χ2n) is 5.81. The fourth-order valence-electron chi connectivity index (χ4n) is 2.47. The van der Waals surface area contributed by atoms with Gasteiger partial charge in [-0.25, -0.2) is 8.42 Å². The third-order valence-corrected chi connectivity index (χ3v) is 6.84. The summed E-state index contributed by atoms with van der Waals surface area (Å²) in [6.07, 6.45) is 0. The Morgan fingerprint density at radius 3 is 2.22 bits per heavy atom. The van der Waals surface area contributed by atoms with Crippen LogP contribution in [0.15, 0.2) is 52.5 Å². The van der Waals surface area contributed by atoms with Gasteiger partial charge in [0.2, 0.25) is 10.0 Å². The Hall–Kier alpha value is -1.60. The highest BCUT2D eigenvalue weighted by molar-refractivity contribution is 7.89. The highest BCUT2D eigenvalue weighted by Crippen LogP contribution is 2.23. The van der Waals surface area contributed by atoms with E-state index < -0.39 is 10.0 Å². The van der Waals surface area contributed by atoms with E-state index in [1.165, 1.54) is 4.31 Å². The second-order valence-corrected chi connectivity index (χ2v) is 8.56. The molecule has 0 atom stereocenters. The van der Waals surface area contributed by atoms with Gasteiger partial charge < -0.3 is 4.84 Å². The van der Waals surface area contributed by atoms with E-state index in [-0.39, 0.29) is 11.5 Å². The molecule has 0 aliphatic heterocycles. The lowest BCUT2D eigenvalue weighted by molar-refractivity contribution is 0.130. The summed E-state index contributed by atoms with van der Waals surface area (Å²) in [6.45, 7) is 6.55. The summed E-state index contributed by atoms with van der Waals surface area (Å²) in [5.41, 5.74) is 2.27. The average molecular weight is 429 g/mol. The van der Waals surface area contributed by atoms with Gasteiger partial charge in [-0.15, -0.1) is 0 Å². The summed E-state index contributed by atoms with van der Waals surface area (Å²) in [6, 6.07) is 11.8. The summed E-state index contributed by atoms with van der Waals surface area (Å²) >= 11 is 11.9. The van der Waals surface area contributed by atoms with Crippen molar-refractivity contribution in [2.45, 2.75) is 32.3 Å². The topological polar surface area (TPSA) is 59.0 Å². The first-order chi connectivity index (χ1) is 12.8. The molecule has 0 amide bonds. The lowest BCUT2D eigenvalue weighted by Gasteiger charge is -2.18. The van der Waals surface area contributed by atoms with Crippen LogP contribution in [0.4, 0.5) is 0 Å². The van der Waals surface area contributed by atoms with Crippen LogP contribution in [-0.2, 0) is 21.5 Å². The fourth-order valence-corrected chi connectivity index (χ4v) is 4.25. The SMILES string of the molecule is CCN(CC)S(=O)(=O)c1ccc(C(C)=NOCc2ccc(Cl)c(Cl)c2)cc1. The van der Waals surface area contributed by atoms with Crippen molar-refractivity contribution in [3.05, 3.63) is 63.6 Å². The Kier molecular flexibility index (Phi) is 7.68. The zero-order chi connectivity index (χ0) is 20.0. The molecule has 0 N–H and O–H groups in total. The number of benzene rings is 2. The highest BCUT2D eigenvalue weighted by Gasteiger charge is 2.21. The Bertz CT molecular complexity index is 909. The molecular formula is C19H22Cl2N2O3S. The van der Waals surface area contributed by atoms with Crippen molar-refractivity contribution in [2.24, 2.45) is 5.16 Å². The number of halogens is 2. The van der Waals surface area contributed by atoms with Gasteiger partial charge in [0.15, 0.2) is 0 Å². The quantitative estimate of drug-likeness (QED) is 0.440. The number of nitrogens with zero attached hydrogens (tertiary/aromatic N) is 2. The predicted octanol–water partition coefficient (Wildman–Crippen LogP) is 4.96. The molecule has 0 aliphatic rings. The zero-order valence-corrected chi connectivity index (χ0v) is 17.8. The third-order valence-electron chi connectivity index (χ3n) is 4.03. The first-order valence-electron chi connectivity index (χ1n) is 8.50. The highest BCUT2D eigenvalue weighted by atomic mass is 35.5. The molecule has 0 heterocycles. The van der Waals surface area contributed by atoms with Crippen molar-refractivity contribution in [2.75, 3.05) is 13.1 Å². The summed E-state index contributed by atoms with van der Waals surface area (Å²) in [5, 5.41) is 5.03. The molecule has 0 bridgehead atoms. The molecule has 146 valence electrons. The largest absolute Gasteiger partial charge is 0.391 e. The van der Waals surface area contributed by atoms with Crippen LogP contribution in [-0.4, -0.2) is 31.5 Å². The molecule has 8 heteroatoms. The van der Waals surface area contributed by atoms with Crippen molar-refractivity contribution >= 4 is 38.9 Å². The molecule has 5 nitrogen and oxygen atoms in total. The van der Waals surface area contributed by atoms with Crippen LogP contribution in [0.2, 0.25) is 10.0 Å². The Labute approximate surface area is 170 Å². The van der Waals surface area contributed by atoms with E-state index in [1.807, 2.05) is 19.9 Å². The van der Waals surface area contributed by atoms with E-state index in [4.69, 9.17) is 28.0 Å². The maximum absolute atomic E-state index is 12.5. The monoisotopic (exact) mass is 428 g/mol. The molecule has 0 fully saturated rings. The number of hydrogen-bond acceptors (Lipinski definition) is 4. The van der Waals surface area contributed by atoms with Crippen molar-refractivity contribution in [1.82, 2.24) is 4.31 Å². The maximum Gasteiger partial charge on any atom is 0.243 e. The van der Waals surface area contributed by atoms with Crippen molar-refractivity contribution < 1.29 is 13.3 Å². The summed E-state index contributed by atoms with van der Waals surface area (Å²) in [5.74, 6) is 0. The average Bonchev–Trinajstić information content (AvgIpc) is 2.65. The van der Waals surface area contributed by atoms with Crippen molar-refractivity contribution in [3.63, 3.8) is 0 Å². The van der Waals surface area contributed by atoms with Gasteiger partial charge in [-0.2, -0.15) is 4.31 Å². The minimum atomic E-state index is -3.47. The molecule has 2 aromatic carbocycles. The molecule has 0 spiro atoms. The number of oxime groups is 1. The number of sulfonamides is 1. The van der Waals surface area contributed by atoms with E-state index in [0.717, 1.165) is 11.1 Å². The van der Waals surface area contributed by atoms with E-state index in [0.29, 0.717) is 28.8 Å². The number of hydrogen-bond donors (Lipinski definition) is 0. The van der Waals surface area contributed by atoms with Crippen LogP contribution < -0.4 is 0 Å². The van der Waals surface area contributed by atoms with Crippen LogP contribution in [0.3, 0.4) is 0 Å². The molecule has 2 aromatic rings. The molecule has 0 unspecified atom stereocenters. The van der Waals surface area contributed by atoms with Gasteiger partial charge in [-0.05, 0) is 42.3 Å². The van der Waals surface area contributed by atoms with Crippen LogP contribution in [0.5, 0.6) is 0 Å². The van der Waals surface area contributed by atoms with E-state index in [1.54, 1.807) is 43.3 Å². The van der Waals surface area contributed by atoms with E-state index in [2.05, 4.69) is 5.16 Å². The lowest BCUT2D eigenvalue weighted by Crippen LogP contribution is -2.30. The van der Waals surface area contributed by atoms with Crippen LogP contribution in [0.25, 0.3) is 0 Å². The van der Waals surface area contributed by atoms with Gasteiger partial charge in [-0.1, -0.05) is 60.4 Å². The zero-order valence-electron chi connectivity index (χ0n) is 15.4. The fraction of sp³-hybridized carbons (Fsp3) is 0.316. The van der Waals surface area contributed by atoms with Gasteiger partial charge in [0, 0.05) is 13.1 Å². The van der Waals surface area contributed by atoms with E-state index >= 15 is 0 Å². The first kappa shape index (κ1) is 21.7. The second kappa shape index (κ2) is 9.55. The minimum absolute atomic E-state index is 0.253. The molecule has 27 heavy (non-hydrogen) atoms. The van der Waals surface area contributed by atoms with Crippen LogP contribution in [0.1, 0.15) is 31.9 Å². The van der Waals surface area contributed by atoms with Gasteiger partial charge in [-0.3, -0.25) is 0 Å². The van der Waals surface area contributed by atoms with Gasteiger partial charge in [0.05, 0.1) is 20.7 Å². The van der Waals surface area contributed by atoms with Gasteiger partial charge >= 0.3 is 0 Å². The van der Waals surface area contributed by atoms with Crippen LogP contribution >= 0.6 is 23.2 Å².